The van der Waals surface area contributed by atoms with E-state index in [1.54, 1.807) is 43.3 Å². The molecule has 0 unspecified atom stereocenters. The van der Waals surface area contributed by atoms with E-state index < -0.39 is 35.0 Å². The molecule has 0 aliphatic rings. The number of hydrogen-bond acceptors (Lipinski definition) is 7. The molecule has 0 spiro atoms. The number of rotatable bonds is 12. The summed E-state index contributed by atoms with van der Waals surface area (Å²) in [5, 5.41) is 33.2. The molecule has 2 amide bonds. The molecule has 2 aromatic carbocycles. The lowest BCUT2D eigenvalue weighted by Crippen LogP contribution is -2.52. The highest BCUT2D eigenvalue weighted by Crippen LogP contribution is 2.24. The predicted molar refractivity (Wildman–Crippen MR) is 131 cm³/mol. The van der Waals surface area contributed by atoms with Gasteiger partial charge in [-0.2, -0.15) is 0 Å². The Bertz CT molecular complexity index is 1070. The van der Waals surface area contributed by atoms with E-state index in [1.165, 1.54) is 17.0 Å². The second-order valence-electron chi connectivity index (χ2n) is 8.62. The van der Waals surface area contributed by atoms with Crippen molar-refractivity contribution >= 4 is 23.7 Å². The molecule has 0 heterocycles. The Balaban J connectivity index is 2.12. The third kappa shape index (κ3) is 8.35. The third-order valence-electron chi connectivity index (χ3n) is 5.20. The summed E-state index contributed by atoms with van der Waals surface area (Å²) in [6.07, 6.45) is -1.58. The fraction of sp³-hybridized carbons (Fsp3) is 0.400. The first-order valence-corrected chi connectivity index (χ1v) is 11.5. The Kier molecular flexibility index (Phi) is 10.4. The zero-order chi connectivity index (χ0) is 26.8. The Hall–Kier alpha value is -3.99. The second kappa shape index (κ2) is 13.2. The highest BCUT2D eigenvalue weighted by Gasteiger charge is 2.28. The molecule has 0 fully saturated rings. The molecule has 11 nitrogen and oxygen atoms in total. The van der Waals surface area contributed by atoms with Crippen LogP contribution in [0.25, 0.3) is 11.1 Å². The zero-order valence-corrected chi connectivity index (χ0v) is 20.4. The van der Waals surface area contributed by atoms with Crippen molar-refractivity contribution in [1.29, 1.82) is 0 Å². The van der Waals surface area contributed by atoms with Crippen molar-refractivity contribution in [2.24, 2.45) is 5.92 Å². The number of aliphatic hydroxyl groups is 1. The van der Waals surface area contributed by atoms with Gasteiger partial charge in [-0.3, -0.25) is 10.1 Å². The molecule has 0 aliphatic carbocycles. The molecule has 0 aliphatic heterocycles. The van der Waals surface area contributed by atoms with Gasteiger partial charge in [0.25, 0.3) is 5.69 Å². The molecule has 0 saturated carbocycles. The molecule has 11 heteroatoms. The number of hydrogen-bond donors (Lipinski definition) is 3. The number of nitrogens with zero attached hydrogens (tertiary/aromatic N) is 2. The van der Waals surface area contributed by atoms with Crippen LogP contribution < -0.4 is 5.32 Å². The Morgan fingerprint density at radius 3 is 2.31 bits per heavy atom. The molecule has 2 aromatic rings. The maximum Gasteiger partial charge on any atom is 0.336 e. The summed E-state index contributed by atoms with van der Waals surface area (Å²) in [5.74, 6) is -2.12. The van der Waals surface area contributed by atoms with Gasteiger partial charge in [0.2, 0.25) is 0 Å². The lowest BCUT2D eigenvalue weighted by molar-refractivity contribution is -0.384. The summed E-state index contributed by atoms with van der Waals surface area (Å²) in [7, 11) is 0. The number of carboxylic acids is 1. The van der Waals surface area contributed by atoms with Crippen LogP contribution in [0.4, 0.5) is 10.5 Å². The number of aliphatic carboxylic acids is 1. The number of esters is 1. The number of nitrogens with one attached hydrogen (secondary N) is 1. The Morgan fingerprint density at radius 2 is 1.75 bits per heavy atom. The molecule has 0 saturated heterocycles. The van der Waals surface area contributed by atoms with Crippen LogP contribution in [-0.4, -0.2) is 69.8 Å². The molecular formula is C25H31N3O8. The fourth-order valence-corrected chi connectivity index (χ4v) is 3.51. The summed E-state index contributed by atoms with van der Waals surface area (Å²) in [6.45, 7) is 5.20. The number of carboxylic acid groups (broad SMARTS) is 1. The normalized spacial score (nSPS) is 12.5. The molecule has 36 heavy (non-hydrogen) atoms. The predicted octanol–water partition coefficient (Wildman–Crippen LogP) is 2.85. The minimum atomic E-state index is -1.56. The van der Waals surface area contributed by atoms with E-state index in [2.05, 4.69) is 5.32 Å². The van der Waals surface area contributed by atoms with Crippen molar-refractivity contribution in [2.75, 3.05) is 19.7 Å². The van der Waals surface area contributed by atoms with Gasteiger partial charge in [0.05, 0.1) is 18.1 Å². The number of aliphatic hydroxyl groups excluding tert-OH is 1. The van der Waals surface area contributed by atoms with Crippen LogP contribution in [0.3, 0.4) is 0 Å². The fourth-order valence-electron chi connectivity index (χ4n) is 3.51. The van der Waals surface area contributed by atoms with E-state index in [0.717, 1.165) is 5.56 Å². The highest BCUT2D eigenvalue weighted by atomic mass is 16.6. The lowest BCUT2D eigenvalue weighted by atomic mass is 10.0. The maximum absolute atomic E-state index is 12.9. The number of non-ortho nitro benzene ring substituents is 1. The van der Waals surface area contributed by atoms with Crippen molar-refractivity contribution in [3.63, 3.8) is 0 Å². The van der Waals surface area contributed by atoms with Crippen LogP contribution in [0.1, 0.15) is 26.3 Å². The zero-order valence-electron chi connectivity index (χ0n) is 20.4. The SMILES string of the molecule is CCOC(=O)[C@@H](O)CN(CC(C)C)C(=O)N[C@@H](Cc1ccc(-c2cccc([N+](=O)[O-])c2)cc1)C(=O)O. The van der Waals surface area contributed by atoms with E-state index in [4.69, 9.17) is 4.74 Å². The number of ether oxygens (including phenoxy) is 1. The van der Waals surface area contributed by atoms with Crippen LogP contribution in [0, 0.1) is 16.0 Å². The van der Waals surface area contributed by atoms with Gasteiger partial charge < -0.3 is 25.2 Å². The van der Waals surface area contributed by atoms with Crippen molar-refractivity contribution in [3.05, 3.63) is 64.2 Å². The average molecular weight is 502 g/mol. The van der Waals surface area contributed by atoms with Crippen molar-refractivity contribution < 1.29 is 34.3 Å². The van der Waals surface area contributed by atoms with Gasteiger partial charge in [-0.15, -0.1) is 0 Å². The first-order chi connectivity index (χ1) is 17.0. The van der Waals surface area contributed by atoms with Crippen LogP contribution in [0.2, 0.25) is 0 Å². The summed E-state index contributed by atoms with van der Waals surface area (Å²) >= 11 is 0. The van der Waals surface area contributed by atoms with Crippen molar-refractivity contribution in [1.82, 2.24) is 10.2 Å². The molecule has 194 valence electrons. The Labute approximate surface area is 208 Å². The first kappa shape index (κ1) is 28.2. The summed E-state index contributed by atoms with van der Waals surface area (Å²) < 4.78 is 4.77. The maximum atomic E-state index is 12.9. The number of carbonyl (C=O) groups excluding carboxylic acids is 2. The average Bonchev–Trinajstić information content (AvgIpc) is 2.83. The van der Waals surface area contributed by atoms with Crippen LogP contribution in [0.5, 0.6) is 0 Å². The largest absolute Gasteiger partial charge is 0.480 e. The molecule has 0 bridgehead atoms. The summed E-state index contributed by atoms with van der Waals surface area (Å²) in [5.41, 5.74) is 1.95. The van der Waals surface area contributed by atoms with Gasteiger partial charge in [0.15, 0.2) is 6.10 Å². The number of nitro benzene ring substituents is 1. The van der Waals surface area contributed by atoms with Crippen molar-refractivity contribution in [2.45, 2.75) is 39.3 Å². The third-order valence-corrected chi connectivity index (χ3v) is 5.20. The molecule has 0 aromatic heterocycles. The standard InChI is InChI=1S/C25H31N3O8/c1-4-36-24(32)22(29)15-27(14-16(2)3)25(33)26-21(23(30)31)12-17-8-10-18(11-9-17)19-6-5-7-20(13-19)28(34)35/h5-11,13,16,21-22,29H,4,12,14-15H2,1-3H3,(H,26,33)(H,30,31)/t21-,22-/m0/s1. The van der Waals surface area contributed by atoms with Gasteiger partial charge in [0, 0.05) is 25.1 Å². The van der Waals surface area contributed by atoms with Crippen LogP contribution in [0.15, 0.2) is 48.5 Å². The van der Waals surface area contributed by atoms with E-state index in [1.807, 2.05) is 13.8 Å². The van der Waals surface area contributed by atoms with Gasteiger partial charge in [-0.25, -0.2) is 14.4 Å². The van der Waals surface area contributed by atoms with Gasteiger partial charge in [-0.1, -0.05) is 50.2 Å². The number of amides is 2. The van der Waals surface area contributed by atoms with Gasteiger partial charge >= 0.3 is 18.0 Å². The van der Waals surface area contributed by atoms with E-state index in [9.17, 15) is 34.7 Å². The topological polar surface area (TPSA) is 159 Å². The minimum Gasteiger partial charge on any atom is -0.480 e. The number of nitro groups is 1. The van der Waals surface area contributed by atoms with Crippen LogP contribution >= 0.6 is 0 Å². The number of benzene rings is 2. The smallest absolute Gasteiger partial charge is 0.336 e. The first-order valence-electron chi connectivity index (χ1n) is 11.5. The van der Waals surface area contributed by atoms with E-state index in [-0.39, 0.29) is 37.7 Å². The molecule has 2 atom stereocenters. The van der Waals surface area contributed by atoms with E-state index >= 15 is 0 Å². The molecular weight excluding hydrogens is 470 g/mol. The van der Waals surface area contributed by atoms with Crippen molar-refractivity contribution in [3.8, 4) is 11.1 Å². The summed E-state index contributed by atoms with van der Waals surface area (Å²) in [4.78, 5) is 48.2. The minimum absolute atomic E-state index is 0.00483. The van der Waals surface area contributed by atoms with E-state index in [0.29, 0.717) is 11.1 Å². The monoisotopic (exact) mass is 501 g/mol. The quantitative estimate of drug-likeness (QED) is 0.227. The summed E-state index contributed by atoms with van der Waals surface area (Å²) in [6, 6.07) is 11.0. The van der Waals surface area contributed by atoms with Crippen LogP contribution in [-0.2, 0) is 20.7 Å². The number of urea groups is 1. The molecule has 0 radical (unpaired) electrons. The second-order valence-corrected chi connectivity index (χ2v) is 8.62. The lowest BCUT2D eigenvalue weighted by Gasteiger charge is -2.28. The van der Waals surface area contributed by atoms with Gasteiger partial charge in [-0.05, 0) is 29.5 Å². The molecule has 2 rings (SSSR count). The van der Waals surface area contributed by atoms with Gasteiger partial charge in [0.1, 0.15) is 6.04 Å². The molecule has 3 N–H and O–H groups in total. The highest BCUT2D eigenvalue weighted by molar-refractivity contribution is 5.83. The Morgan fingerprint density at radius 1 is 1.08 bits per heavy atom. The number of carbonyl (C=O) groups is 3.